The highest BCUT2D eigenvalue weighted by Gasteiger charge is 1.87. The molecule has 0 saturated heterocycles. The molecule has 0 aromatic heterocycles. The monoisotopic (exact) mass is 87.0 g/mol. The summed E-state index contributed by atoms with van der Waals surface area (Å²) in [6.45, 7) is 0. The van der Waals surface area contributed by atoms with Gasteiger partial charge in [0, 0.05) is 0 Å². The van der Waals surface area contributed by atoms with Crippen molar-refractivity contribution in [2.45, 2.75) is 6.42 Å². The third kappa shape index (κ3) is 2.96. The predicted molar refractivity (Wildman–Crippen MR) is 17.9 cm³/mol. The van der Waals surface area contributed by atoms with Crippen molar-refractivity contribution in [3.8, 4) is 6.07 Å². The lowest BCUT2D eigenvalue weighted by Gasteiger charge is -1.70. The van der Waals surface area contributed by atoms with E-state index >= 15 is 0 Å². The Morgan fingerprint density at radius 1 is 2.00 bits per heavy atom. The first-order valence-corrected chi connectivity index (χ1v) is 1.36. The normalized spacial score (nSPS) is 6.50. The molecule has 0 aliphatic carbocycles. The zero-order valence-corrected chi connectivity index (χ0v) is 3.01. The van der Waals surface area contributed by atoms with E-state index in [-0.39, 0.29) is 0 Å². The SMILES string of the molecule is N#[14C]CC(=O)O. The third-order valence-electron chi connectivity index (χ3n) is 0.230. The molecule has 0 saturated carbocycles. The molecule has 0 unspecified atom stereocenters. The number of carboxylic acid groups (broad SMARTS) is 1. The van der Waals surface area contributed by atoms with E-state index in [2.05, 4.69) is 0 Å². The fourth-order valence-corrected chi connectivity index (χ4v) is 0.0676. The van der Waals surface area contributed by atoms with E-state index in [0.29, 0.717) is 0 Å². The van der Waals surface area contributed by atoms with E-state index in [1.165, 1.54) is 6.07 Å². The fraction of sp³-hybridized carbons (Fsp3) is 0.333. The van der Waals surface area contributed by atoms with Crippen LogP contribution in [0.5, 0.6) is 0 Å². The second-order valence-corrected chi connectivity index (χ2v) is 0.729. The van der Waals surface area contributed by atoms with Gasteiger partial charge in [-0.05, 0) is 0 Å². The molecule has 0 amide bonds. The van der Waals surface area contributed by atoms with Crippen LogP contribution in [0.3, 0.4) is 0 Å². The maximum absolute atomic E-state index is 9.38. The first-order valence-electron chi connectivity index (χ1n) is 1.36. The average molecular weight is 87.1 g/mol. The number of hydrogen-bond donors (Lipinski definition) is 1. The lowest BCUT2D eigenvalue weighted by atomic mass is 10.7. The van der Waals surface area contributed by atoms with Crippen molar-refractivity contribution >= 4 is 5.97 Å². The van der Waals surface area contributed by atoms with Gasteiger partial charge in [-0.15, -0.1) is 0 Å². The lowest BCUT2D eigenvalue weighted by Crippen LogP contribution is -1.88. The number of carbonyl (C=O) groups is 1. The molecule has 0 spiro atoms. The van der Waals surface area contributed by atoms with E-state index in [1.54, 1.807) is 0 Å². The van der Waals surface area contributed by atoms with Crippen LogP contribution in [0.25, 0.3) is 0 Å². The number of nitrogens with zero attached hydrogens (tertiary/aromatic N) is 1. The molecule has 32 valence electrons. The van der Waals surface area contributed by atoms with Crippen molar-refractivity contribution in [1.82, 2.24) is 0 Å². The maximum atomic E-state index is 9.38. The minimum absolute atomic E-state index is 0.403. The molecule has 0 aliphatic heterocycles. The first-order chi connectivity index (χ1) is 2.77. The van der Waals surface area contributed by atoms with Crippen LogP contribution in [0, 0.1) is 11.3 Å². The van der Waals surface area contributed by atoms with Gasteiger partial charge >= 0.3 is 5.97 Å². The van der Waals surface area contributed by atoms with E-state index in [0.717, 1.165) is 0 Å². The van der Waals surface area contributed by atoms with Gasteiger partial charge in [0.25, 0.3) is 0 Å². The van der Waals surface area contributed by atoms with E-state index in [9.17, 15) is 4.79 Å². The van der Waals surface area contributed by atoms with E-state index < -0.39 is 12.4 Å². The van der Waals surface area contributed by atoms with Crippen LogP contribution in [0.4, 0.5) is 0 Å². The molecule has 6 heavy (non-hydrogen) atoms. The van der Waals surface area contributed by atoms with Gasteiger partial charge in [-0.25, -0.2) is 0 Å². The smallest absolute Gasteiger partial charge is 0.317 e. The zero-order valence-electron chi connectivity index (χ0n) is 3.01. The van der Waals surface area contributed by atoms with Crippen LogP contribution in [-0.2, 0) is 4.79 Å². The Hall–Kier alpha value is -1.04. The Bertz CT molecular complexity index is 91.5. The van der Waals surface area contributed by atoms with Crippen molar-refractivity contribution in [2.75, 3.05) is 0 Å². The number of rotatable bonds is 1. The van der Waals surface area contributed by atoms with Gasteiger partial charge in [-0.3, -0.25) is 4.79 Å². The van der Waals surface area contributed by atoms with Gasteiger partial charge in [-0.1, -0.05) is 0 Å². The largest absolute Gasteiger partial charge is 0.480 e. The van der Waals surface area contributed by atoms with Gasteiger partial charge in [0.05, 0.1) is 6.07 Å². The number of aliphatic carboxylic acids is 1. The minimum Gasteiger partial charge on any atom is -0.480 e. The molecular formula is C3H3NO2. The Morgan fingerprint density at radius 3 is 2.50 bits per heavy atom. The second kappa shape index (κ2) is 2.21. The second-order valence-electron chi connectivity index (χ2n) is 0.729. The quantitative estimate of drug-likeness (QED) is 0.489. The third-order valence-corrected chi connectivity index (χ3v) is 0.230. The standard InChI is InChI=1S/C3H3NO2/c4-2-1-3(5)6/h1H2,(H,5,6)/i2+2. The summed E-state index contributed by atoms with van der Waals surface area (Å²) in [5.41, 5.74) is 0. The molecule has 0 bridgehead atoms. The number of hydrogen-bond acceptors (Lipinski definition) is 2. The van der Waals surface area contributed by atoms with E-state index in [4.69, 9.17) is 10.4 Å². The predicted octanol–water partition coefficient (Wildman–Crippen LogP) is -0.0153. The Morgan fingerprint density at radius 2 is 2.50 bits per heavy atom. The molecule has 1 N–H and O–H groups in total. The molecule has 0 fully saturated rings. The fourth-order valence-electron chi connectivity index (χ4n) is 0.0676. The molecule has 0 heterocycles. The van der Waals surface area contributed by atoms with Crippen LogP contribution >= 0.6 is 0 Å². The van der Waals surface area contributed by atoms with Crippen molar-refractivity contribution < 1.29 is 9.90 Å². The molecule has 0 aliphatic rings. The Balaban J connectivity index is 3.13. The Labute approximate surface area is 34.8 Å². The minimum atomic E-state index is -1.07. The number of carboxylic acids is 1. The molecule has 0 radical (unpaired) electrons. The van der Waals surface area contributed by atoms with Crippen molar-refractivity contribution in [1.29, 1.82) is 5.26 Å². The van der Waals surface area contributed by atoms with Crippen molar-refractivity contribution in [3.05, 3.63) is 0 Å². The van der Waals surface area contributed by atoms with Crippen LogP contribution in [-0.4, -0.2) is 11.1 Å². The van der Waals surface area contributed by atoms with Crippen LogP contribution < -0.4 is 0 Å². The molecule has 0 rings (SSSR count). The molecular weight excluding hydrogens is 84.0 g/mol. The first kappa shape index (κ1) is 4.96. The molecule has 0 aromatic carbocycles. The summed E-state index contributed by atoms with van der Waals surface area (Å²) in [6.07, 6.45) is -0.403. The van der Waals surface area contributed by atoms with Gasteiger partial charge < -0.3 is 5.11 Å². The summed E-state index contributed by atoms with van der Waals surface area (Å²) in [5.74, 6) is -1.07. The molecule has 0 atom stereocenters. The average Bonchev–Trinajstić information content (AvgIpc) is 1.35. The van der Waals surface area contributed by atoms with Gasteiger partial charge in [0.2, 0.25) is 0 Å². The summed E-state index contributed by atoms with van der Waals surface area (Å²) in [6, 6.07) is 1.47. The van der Waals surface area contributed by atoms with Crippen LogP contribution in [0.2, 0.25) is 0 Å². The van der Waals surface area contributed by atoms with Crippen molar-refractivity contribution in [3.63, 3.8) is 0 Å². The lowest BCUT2D eigenvalue weighted by molar-refractivity contribution is -0.135. The summed E-state index contributed by atoms with van der Waals surface area (Å²) in [5, 5.41) is 15.3. The van der Waals surface area contributed by atoms with Gasteiger partial charge in [0.1, 0.15) is 6.42 Å². The van der Waals surface area contributed by atoms with Gasteiger partial charge in [0.15, 0.2) is 0 Å². The summed E-state index contributed by atoms with van der Waals surface area (Å²) >= 11 is 0. The topological polar surface area (TPSA) is 61.1 Å². The number of nitriles is 1. The Kier molecular flexibility index (Phi) is 1.83. The maximum Gasteiger partial charge on any atom is 0.317 e. The van der Waals surface area contributed by atoms with Gasteiger partial charge in [-0.2, -0.15) is 5.26 Å². The van der Waals surface area contributed by atoms with Crippen molar-refractivity contribution in [2.24, 2.45) is 0 Å². The zero-order chi connectivity index (χ0) is 4.99. The molecule has 3 heteroatoms. The highest BCUT2D eigenvalue weighted by Crippen LogP contribution is 1.68. The summed E-state index contributed by atoms with van der Waals surface area (Å²) in [7, 11) is 0. The highest BCUT2D eigenvalue weighted by molar-refractivity contribution is 5.69. The highest BCUT2D eigenvalue weighted by atomic mass is 16.4. The van der Waals surface area contributed by atoms with E-state index in [1.807, 2.05) is 0 Å². The summed E-state index contributed by atoms with van der Waals surface area (Å²) < 4.78 is 0. The molecule has 3 nitrogen and oxygen atoms in total. The van der Waals surface area contributed by atoms with Crippen LogP contribution in [0.1, 0.15) is 6.42 Å². The summed E-state index contributed by atoms with van der Waals surface area (Å²) in [4.78, 5) is 9.38. The van der Waals surface area contributed by atoms with Crippen LogP contribution in [0.15, 0.2) is 0 Å². The molecule has 0 aromatic rings.